The number of allylic oxidation sites excluding steroid dienone is 4. The Hall–Kier alpha value is -1.38. The second-order valence-electron chi connectivity index (χ2n) is 3.76. The van der Waals surface area contributed by atoms with Gasteiger partial charge in [-0.05, 0) is 37.5 Å². The fraction of sp³-hybridized carbons (Fsp3) is 0.538. The number of rotatable bonds is 5. The quantitative estimate of drug-likeness (QED) is 0.648. The molecule has 0 bridgehead atoms. The lowest BCUT2D eigenvalue weighted by Crippen LogP contribution is -1.93. The molecule has 1 atom stereocenters. The van der Waals surface area contributed by atoms with Gasteiger partial charge in [-0.2, -0.15) is 10.2 Å². The van der Waals surface area contributed by atoms with E-state index in [4.69, 9.17) is 4.74 Å². The van der Waals surface area contributed by atoms with E-state index in [9.17, 15) is 0 Å². The average Bonchev–Trinajstić information content (AvgIpc) is 2.45. The molecule has 3 heteroatoms. The fourth-order valence-electron chi connectivity index (χ4n) is 1.39. The molecule has 0 aromatic carbocycles. The molecule has 0 N–H and O–H groups in total. The minimum atomic E-state index is 0.327. The summed E-state index contributed by atoms with van der Waals surface area (Å²) in [7, 11) is 0. The highest BCUT2D eigenvalue weighted by Crippen LogP contribution is 2.17. The molecule has 0 saturated carbocycles. The summed E-state index contributed by atoms with van der Waals surface area (Å²) in [5, 5.41) is 8.14. The van der Waals surface area contributed by atoms with Crippen LogP contribution in [-0.2, 0) is 4.74 Å². The van der Waals surface area contributed by atoms with E-state index in [0.717, 1.165) is 24.5 Å². The molecule has 1 aliphatic rings. The van der Waals surface area contributed by atoms with Gasteiger partial charge in [0.2, 0.25) is 0 Å². The Balaban J connectivity index is 2.67. The van der Waals surface area contributed by atoms with Crippen LogP contribution in [0.2, 0.25) is 0 Å². The minimum Gasteiger partial charge on any atom is -0.494 e. The molecule has 0 aromatic rings. The monoisotopic (exact) mass is 220 g/mol. The first kappa shape index (κ1) is 12.7. The molecule has 0 fully saturated rings. The molecular formula is C13H20N2O. The molecule has 1 rings (SSSR count). The van der Waals surface area contributed by atoms with Gasteiger partial charge in [0.15, 0.2) is 0 Å². The Morgan fingerprint density at radius 2 is 2.06 bits per heavy atom. The Kier molecular flexibility index (Phi) is 5.54. The van der Waals surface area contributed by atoms with Gasteiger partial charge in [0.1, 0.15) is 5.76 Å². The summed E-state index contributed by atoms with van der Waals surface area (Å²) in [6.45, 7) is 7.66. The van der Waals surface area contributed by atoms with Gasteiger partial charge in [0.25, 0.3) is 0 Å². The molecule has 0 radical (unpaired) electrons. The summed E-state index contributed by atoms with van der Waals surface area (Å²) in [5.41, 5.74) is 0.903. The van der Waals surface area contributed by atoms with E-state index in [-0.39, 0.29) is 0 Å². The van der Waals surface area contributed by atoms with Crippen LogP contribution in [0.25, 0.3) is 0 Å². The SMILES string of the molecule is CCCOC1=CC(C)C=C(N=NCC)C=C1. The Bertz CT molecular complexity index is 327. The molecule has 0 heterocycles. The predicted octanol–water partition coefficient (Wildman–Crippen LogP) is 3.86. The van der Waals surface area contributed by atoms with Crippen LogP contribution in [0, 0.1) is 5.92 Å². The first-order chi connectivity index (χ1) is 7.76. The number of ether oxygens (including phenoxy) is 1. The third-order valence-electron chi connectivity index (χ3n) is 2.08. The molecule has 1 unspecified atom stereocenters. The van der Waals surface area contributed by atoms with Gasteiger partial charge >= 0.3 is 0 Å². The molecule has 1 aliphatic carbocycles. The lowest BCUT2D eigenvalue weighted by molar-refractivity contribution is 0.223. The highest BCUT2D eigenvalue weighted by atomic mass is 16.5. The molecule has 88 valence electrons. The van der Waals surface area contributed by atoms with E-state index < -0.39 is 0 Å². The summed E-state index contributed by atoms with van der Waals surface area (Å²) < 4.78 is 5.60. The van der Waals surface area contributed by atoms with Crippen molar-refractivity contribution in [1.82, 2.24) is 0 Å². The van der Waals surface area contributed by atoms with Crippen molar-refractivity contribution in [1.29, 1.82) is 0 Å². The van der Waals surface area contributed by atoms with E-state index >= 15 is 0 Å². The Morgan fingerprint density at radius 1 is 1.25 bits per heavy atom. The smallest absolute Gasteiger partial charge is 0.115 e. The van der Waals surface area contributed by atoms with Crippen LogP contribution in [0.4, 0.5) is 0 Å². The van der Waals surface area contributed by atoms with E-state index in [0.29, 0.717) is 12.5 Å². The zero-order valence-corrected chi connectivity index (χ0v) is 10.3. The van der Waals surface area contributed by atoms with Crippen LogP contribution < -0.4 is 0 Å². The van der Waals surface area contributed by atoms with E-state index in [1.807, 2.05) is 19.1 Å². The van der Waals surface area contributed by atoms with Gasteiger partial charge in [-0.15, -0.1) is 0 Å². The van der Waals surface area contributed by atoms with Crippen LogP contribution in [0.3, 0.4) is 0 Å². The molecule has 16 heavy (non-hydrogen) atoms. The van der Waals surface area contributed by atoms with Crippen molar-refractivity contribution < 1.29 is 4.74 Å². The highest BCUT2D eigenvalue weighted by Gasteiger charge is 2.04. The second kappa shape index (κ2) is 6.99. The van der Waals surface area contributed by atoms with Gasteiger partial charge in [-0.25, -0.2) is 0 Å². The molecule has 3 nitrogen and oxygen atoms in total. The predicted molar refractivity (Wildman–Crippen MR) is 66.1 cm³/mol. The third kappa shape index (κ3) is 4.43. The zero-order chi connectivity index (χ0) is 11.8. The Morgan fingerprint density at radius 3 is 2.75 bits per heavy atom. The first-order valence-corrected chi connectivity index (χ1v) is 5.88. The van der Waals surface area contributed by atoms with E-state index in [2.05, 4.69) is 36.2 Å². The van der Waals surface area contributed by atoms with Gasteiger partial charge in [-0.3, -0.25) is 0 Å². The summed E-state index contributed by atoms with van der Waals surface area (Å²) in [4.78, 5) is 0. The summed E-state index contributed by atoms with van der Waals surface area (Å²) in [5.74, 6) is 1.25. The molecule has 0 amide bonds. The van der Waals surface area contributed by atoms with Crippen molar-refractivity contribution in [2.75, 3.05) is 13.2 Å². The van der Waals surface area contributed by atoms with Gasteiger partial charge in [0, 0.05) is 0 Å². The first-order valence-electron chi connectivity index (χ1n) is 5.88. The molecular weight excluding hydrogens is 200 g/mol. The molecule has 0 aromatic heterocycles. The number of nitrogens with zero attached hydrogens (tertiary/aromatic N) is 2. The lowest BCUT2D eigenvalue weighted by Gasteiger charge is -2.05. The van der Waals surface area contributed by atoms with Crippen LogP contribution >= 0.6 is 0 Å². The molecule has 0 saturated heterocycles. The largest absolute Gasteiger partial charge is 0.494 e. The number of hydrogen-bond donors (Lipinski definition) is 0. The van der Waals surface area contributed by atoms with Gasteiger partial charge < -0.3 is 4.74 Å². The van der Waals surface area contributed by atoms with Crippen LogP contribution in [0.1, 0.15) is 27.2 Å². The fourth-order valence-corrected chi connectivity index (χ4v) is 1.39. The van der Waals surface area contributed by atoms with Crippen molar-refractivity contribution in [3.05, 3.63) is 35.8 Å². The number of hydrogen-bond acceptors (Lipinski definition) is 3. The summed E-state index contributed by atoms with van der Waals surface area (Å²) in [6.07, 6.45) is 9.11. The van der Waals surface area contributed by atoms with Crippen molar-refractivity contribution in [3.63, 3.8) is 0 Å². The van der Waals surface area contributed by atoms with Crippen molar-refractivity contribution in [2.45, 2.75) is 27.2 Å². The lowest BCUT2D eigenvalue weighted by atomic mass is 10.1. The second-order valence-corrected chi connectivity index (χ2v) is 3.76. The van der Waals surface area contributed by atoms with E-state index in [1.165, 1.54) is 0 Å². The van der Waals surface area contributed by atoms with Gasteiger partial charge in [0.05, 0.1) is 18.8 Å². The van der Waals surface area contributed by atoms with Crippen molar-refractivity contribution in [3.8, 4) is 0 Å². The highest BCUT2D eigenvalue weighted by molar-refractivity contribution is 5.29. The third-order valence-corrected chi connectivity index (χ3v) is 2.08. The summed E-state index contributed by atoms with van der Waals surface area (Å²) in [6, 6.07) is 0. The standard InChI is InChI=1S/C13H20N2O/c1-4-8-16-13-7-6-12(15-14-5-2)9-11(3)10-13/h6-7,9-11H,4-5,8H2,1-3H3. The molecule has 0 spiro atoms. The zero-order valence-electron chi connectivity index (χ0n) is 10.3. The van der Waals surface area contributed by atoms with Crippen molar-refractivity contribution in [2.24, 2.45) is 16.1 Å². The maximum Gasteiger partial charge on any atom is 0.115 e. The van der Waals surface area contributed by atoms with E-state index in [1.54, 1.807) is 0 Å². The molecule has 0 aliphatic heterocycles. The Labute approximate surface area is 97.6 Å². The normalized spacial score (nSPS) is 20.6. The van der Waals surface area contributed by atoms with Gasteiger partial charge in [-0.1, -0.05) is 19.9 Å². The van der Waals surface area contributed by atoms with Crippen LogP contribution in [0.5, 0.6) is 0 Å². The average molecular weight is 220 g/mol. The summed E-state index contributed by atoms with van der Waals surface area (Å²) >= 11 is 0. The topological polar surface area (TPSA) is 34.0 Å². The number of azo groups is 1. The van der Waals surface area contributed by atoms with Crippen LogP contribution in [0.15, 0.2) is 46.0 Å². The van der Waals surface area contributed by atoms with Crippen LogP contribution in [-0.4, -0.2) is 13.2 Å². The minimum absolute atomic E-state index is 0.327. The van der Waals surface area contributed by atoms with Crippen molar-refractivity contribution >= 4 is 0 Å². The maximum atomic E-state index is 5.60. The maximum absolute atomic E-state index is 5.60.